The molecular formula is C19H24O7Si2. The summed E-state index contributed by atoms with van der Waals surface area (Å²) >= 11 is 0. The van der Waals surface area contributed by atoms with Gasteiger partial charge < -0.3 is 22.1 Å². The van der Waals surface area contributed by atoms with Gasteiger partial charge >= 0.3 is 18.8 Å². The summed E-state index contributed by atoms with van der Waals surface area (Å²) in [5, 5.41) is 3.63. The van der Waals surface area contributed by atoms with Gasteiger partial charge in [0.25, 0.3) is 11.9 Å². The Balaban J connectivity index is 0.000000266. The van der Waals surface area contributed by atoms with E-state index in [0.29, 0.717) is 0 Å². The summed E-state index contributed by atoms with van der Waals surface area (Å²) in [6.45, 7) is 2.49. The lowest BCUT2D eigenvalue weighted by molar-refractivity contribution is -0.136. The maximum absolute atomic E-state index is 10.0. The van der Waals surface area contributed by atoms with E-state index in [0.717, 1.165) is 18.0 Å². The van der Waals surface area contributed by atoms with Crippen LogP contribution in [-0.2, 0) is 44.6 Å². The Morgan fingerprint density at radius 3 is 1.89 bits per heavy atom. The van der Waals surface area contributed by atoms with Crippen LogP contribution in [0, 0.1) is 0 Å². The Labute approximate surface area is 168 Å². The van der Waals surface area contributed by atoms with Gasteiger partial charge in [0.15, 0.2) is 0 Å². The van der Waals surface area contributed by atoms with Crippen LogP contribution >= 0.6 is 0 Å². The highest BCUT2D eigenvalue weighted by Gasteiger charge is 2.42. The molecule has 2 aromatic carbocycles. The van der Waals surface area contributed by atoms with E-state index in [1.807, 2.05) is 0 Å². The standard InChI is InChI=1S/C15H18O3Si.C4H6O4Si/c1-16-19(17-2,18-3)14-10-9-12-8-7-11-5-4-6-13(14)15(11)12;1-3(5)7-9-8-4(2)6/h4-6,9-10H,7-8H2,1-3H3;1-2H3. The molecule has 0 N–H and O–H groups in total. The average Bonchev–Trinajstić information content (AvgIpc) is 3.10. The second-order valence-electron chi connectivity index (χ2n) is 6.05. The molecule has 1 aliphatic rings. The zero-order valence-electron chi connectivity index (χ0n) is 16.7. The van der Waals surface area contributed by atoms with Gasteiger partial charge in [-0.15, -0.1) is 0 Å². The minimum absolute atomic E-state index is 0.449. The molecule has 0 atom stereocenters. The van der Waals surface area contributed by atoms with Gasteiger partial charge in [0.2, 0.25) is 0 Å². The van der Waals surface area contributed by atoms with Gasteiger partial charge in [0.1, 0.15) is 0 Å². The number of aryl methyl sites for hydroxylation is 2. The Kier molecular flexibility index (Phi) is 7.90. The second-order valence-corrected chi connectivity index (χ2v) is 9.50. The molecule has 0 aliphatic heterocycles. The third-order valence-corrected chi connectivity index (χ3v) is 7.83. The molecule has 2 radical (unpaired) electrons. The second kappa shape index (κ2) is 9.94. The zero-order chi connectivity index (χ0) is 20.7. The molecule has 0 unspecified atom stereocenters. The van der Waals surface area contributed by atoms with E-state index in [4.69, 9.17) is 13.3 Å². The van der Waals surface area contributed by atoms with Gasteiger partial charge in [-0.2, -0.15) is 0 Å². The summed E-state index contributed by atoms with van der Waals surface area (Å²) in [5.41, 5.74) is 2.83. The summed E-state index contributed by atoms with van der Waals surface area (Å²) in [6, 6.07) is 10.7. The number of carbonyl (C=O) groups excluding carboxylic acids is 2. The predicted molar refractivity (Wildman–Crippen MR) is 107 cm³/mol. The van der Waals surface area contributed by atoms with Gasteiger partial charge in [-0.1, -0.05) is 30.3 Å². The lowest BCUT2D eigenvalue weighted by Crippen LogP contribution is -2.54. The molecule has 1 aliphatic carbocycles. The van der Waals surface area contributed by atoms with Crippen LogP contribution in [0.15, 0.2) is 30.3 Å². The number of hydrogen-bond donors (Lipinski definition) is 0. The van der Waals surface area contributed by atoms with Crippen LogP contribution in [0.2, 0.25) is 0 Å². The Bertz CT molecular complexity index is 817. The van der Waals surface area contributed by atoms with Crippen molar-refractivity contribution in [2.24, 2.45) is 0 Å². The largest absolute Gasteiger partial charge is 0.614 e. The Morgan fingerprint density at radius 1 is 0.857 bits per heavy atom. The normalized spacial score (nSPS) is 12.3. The monoisotopic (exact) mass is 420 g/mol. The summed E-state index contributed by atoms with van der Waals surface area (Å²) in [6.07, 6.45) is 2.25. The molecule has 0 spiro atoms. The van der Waals surface area contributed by atoms with Crippen LogP contribution < -0.4 is 5.19 Å². The van der Waals surface area contributed by atoms with Crippen molar-refractivity contribution >= 4 is 46.7 Å². The van der Waals surface area contributed by atoms with Crippen LogP contribution in [0.25, 0.3) is 10.8 Å². The smallest absolute Gasteiger partial charge is 0.481 e. The molecule has 7 nitrogen and oxygen atoms in total. The van der Waals surface area contributed by atoms with E-state index in [2.05, 4.69) is 39.2 Å². The van der Waals surface area contributed by atoms with Gasteiger partial charge in [0, 0.05) is 40.4 Å². The molecule has 0 aromatic heterocycles. The van der Waals surface area contributed by atoms with Crippen molar-refractivity contribution in [2.75, 3.05) is 21.3 Å². The highest BCUT2D eigenvalue weighted by atomic mass is 28.4. The van der Waals surface area contributed by atoms with Crippen molar-refractivity contribution in [3.63, 3.8) is 0 Å². The van der Waals surface area contributed by atoms with E-state index in [1.54, 1.807) is 21.3 Å². The maximum atomic E-state index is 10.0. The third-order valence-electron chi connectivity index (χ3n) is 4.38. The molecule has 3 rings (SSSR count). The summed E-state index contributed by atoms with van der Waals surface area (Å²) in [7, 11) is 1.68. The van der Waals surface area contributed by atoms with Crippen molar-refractivity contribution in [3.05, 3.63) is 41.5 Å². The van der Waals surface area contributed by atoms with Gasteiger partial charge in [-0.25, -0.2) is 0 Å². The summed E-state index contributed by atoms with van der Waals surface area (Å²) < 4.78 is 25.5. The molecule has 0 fully saturated rings. The minimum Gasteiger partial charge on any atom is -0.481 e. The summed E-state index contributed by atoms with van der Waals surface area (Å²) in [5.74, 6) is -0.899. The number of benzene rings is 2. The molecule has 150 valence electrons. The van der Waals surface area contributed by atoms with Crippen molar-refractivity contribution in [1.29, 1.82) is 0 Å². The predicted octanol–water partition coefficient (Wildman–Crippen LogP) is 1.67. The molecule has 2 aromatic rings. The first-order valence-electron chi connectivity index (χ1n) is 8.67. The van der Waals surface area contributed by atoms with Gasteiger partial charge in [-0.3, -0.25) is 9.59 Å². The lowest BCUT2D eigenvalue weighted by atomic mass is 10.1. The number of hydrogen-bond acceptors (Lipinski definition) is 7. The fourth-order valence-corrected chi connectivity index (χ4v) is 5.49. The van der Waals surface area contributed by atoms with Gasteiger partial charge in [-0.05, 0) is 34.7 Å². The topological polar surface area (TPSA) is 80.3 Å². The molecule has 0 saturated carbocycles. The van der Waals surface area contributed by atoms with Crippen LogP contribution in [0.1, 0.15) is 25.0 Å². The fraction of sp³-hybridized carbons (Fsp3) is 0.368. The quantitative estimate of drug-likeness (QED) is 0.658. The zero-order valence-corrected chi connectivity index (χ0v) is 18.7. The molecule has 0 saturated heterocycles. The lowest BCUT2D eigenvalue weighted by Gasteiger charge is -2.26. The first kappa shape index (κ1) is 22.2. The first-order chi connectivity index (χ1) is 13.4. The number of carbonyl (C=O) groups is 2. The van der Waals surface area contributed by atoms with Crippen LogP contribution in [-0.4, -0.2) is 52.1 Å². The first-order valence-corrected chi connectivity index (χ1v) is 11.2. The van der Waals surface area contributed by atoms with Gasteiger partial charge in [0.05, 0.1) is 0 Å². The minimum atomic E-state index is -2.78. The highest BCUT2D eigenvalue weighted by molar-refractivity contribution is 6.77. The molecule has 0 heterocycles. The van der Waals surface area contributed by atoms with Crippen molar-refractivity contribution in [3.8, 4) is 0 Å². The number of rotatable bonds is 6. The molecule has 9 heteroatoms. The van der Waals surface area contributed by atoms with Crippen molar-refractivity contribution < 1.29 is 31.7 Å². The average molecular weight is 421 g/mol. The molecule has 28 heavy (non-hydrogen) atoms. The fourth-order valence-electron chi connectivity index (χ4n) is 3.23. The summed E-state index contributed by atoms with van der Waals surface area (Å²) in [4.78, 5) is 20.0. The van der Waals surface area contributed by atoms with Crippen LogP contribution in [0.5, 0.6) is 0 Å². The van der Waals surface area contributed by atoms with E-state index in [1.165, 1.54) is 35.7 Å². The van der Waals surface area contributed by atoms with E-state index >= 15 is 0 Å². The maximum Gasteiger partial charge on any atom is 0.614 e. The molecular weight excluding hydrogens is 396 g/mol. The van der Waals surface area contributed by atoms with Crippen molar-refractivity contribution in [2.45, 2.75) is 26.7 Å². The SMILES string of the molecule is CC(=O)O[Si]OC(C)=O.CO[Si](OC)(OC)c1ccc2c3c(cccc13)CC2. The van der Waals surface area contributed by atoms with Crippen molar-refractivity contribution in [1.82, 2.24) is 0 Å². The van der Waals surface area contributed by atoms with E-state index in [-0.39, 0.29) is 0 Å². The molecule has 0 bridgehead atoms. The highest BCUT2D eigenvalue weighted by Crippen LogP contribution is 2.30. The van der Waals surface area contributed by atoms with Crippen LogP contribution in [0.4, 0.5) is 0 Å². The van der Waals surface area contributed by atoms with E-state index in [9.17, 15) is 9.59 Å². The molecule has 0 amide bonds. The van der Waals surface area contributed by atoms with E-state index < -0.39 is 30.7 Å². The Hall–Kier alpha value is -2.05. The Morgan fingerprint density at radius 2 is 1.39 bits per heavy atom. The third kappa shape index (κ3) is 4.86. The van der Waals surface area contributed by atoms with Crippen LogP contribution in [0.3, 0.4) is 0 Å².